The van der Waals surface area contributed by atoms with Gasteiger partial charge in [-0.05, 0) is 79.6 Å². The van der Waals surface area contributed by atoms with Crippen LogP contribution in [-0.4, -0.2) is 26.4 Å². The summed E-state index contributed by atoms with van der Waals surface area (Å²) in [6.45, 7) is 5.74. The van der Waals surface area contributed by atoms with Gasteiger partial charge in [0.25, 0.3) is 0 Å². The summed E-state index contributed by atoms with van der Waals surface area (Å²) >= 11 is 7.98. The van der Waals surface area contributed by atoms with Gasteiger partial charge in [-0.15, -0.1) is 0 Å². The number of hydrogen-bond donors (Lipinski definition) is 2. The van der Waals surface area contributed by atoms with Gasteiger partial charge in [0, 0.05) is 27.3 Å². The molecule has 0 aliphatic heterocycles. The van der Waals surface area contributed by atoms with Crippen molar-refractivity contribution in [3.8, 4) is 0 Å². The molecule has 1 heterocycles. The Hall–Kier alpha value is -3.12. The molecule has 40 heavy (non-hydrogen) atoms. The normalized spacial score (nSPS) is 13.5. The topological polar surface area (TPSA) is 70.4 Å². The van der Waals surface area contributed by atoms with Crippen molar-refractivity contribution in [2.75, 3.05) is 0 Å². The fraction of sp³-hybridized carbons (Fsp3) is 0.294. The van der Waals surface area contributed by atoms with E-state index in [0.29, 0.717) is 11.4 Å². The van der Waals surface area contributed by atoms with E-state index >= 15 is 0 Å². The van der Waals surface area contributed by atoms with E-state index in [1.807, 2.05) is 80.2 Å². The summed E-state index contributed by atoms with van der Waals surface area (Å²) in [5, 5.41) is 22.0. The van der Waals surface area contributed by atoms with Crippen LogP contribution in [0.5, 0.6) is 0 Å². The van der Waals surface area contributed by atoms with Gasteiger partial charge in [0.1, 0.15) is 0 Å². The number of fused-ring (bicyclic) bond motifs is 1. The highest BCUT2D eigenvalue weighted by Gasteiger charge is 2.22. The molecular formula is C34H36ClNO3S. The van der Waals surface area contributed by atoms with Crippen molar-refractivity contribution in [1.29, 1.82) is 0 Å². The first-order valence-corrected chi connectivity index (χ1v) is 14.9. The molecule has 2 atom stereocenters. The molecule has 4 rings (SSSR count). The number of benzene rings is 3. The van der Waals surface area contributed by atoms with Crippen LogP contribution < -0.4 is 0 Å². The number of carbonyl (C=O) groups is 1. The smallest absolute Gasteiger partial charge is 0.303 e. The maximum atomic E-state index is 11.2. The van der Waals surface area contributed by atoms with Crippen LogP contribution >= 0.6 is 23.4 Å². The fourth-order valence-electron chi connectivity index (χ4n) is 4.85. The second-order valence-corrected chi connectivity index (χ2v) is 12.8. The third-order valence-corrected chi connectivity index (χ3v) is 8.69. The largest absolute Gasteiger partial charge is 0.481 e. The highest BCUT2D eigenvalue weighted by molar-refractivity contribution is 8.00. The summed E-state index contributed by atoms with van der Waals surface area (Å²) in [5.41, 5.74) is 5.16. The van der Waals surface area contributed by atoms with Crippen molar-refractivity contribution in [1.82, 2.24) is 4.98 Å². The zero-order valence-electron chi connectivity index (χ0n) is 23.2. The maximum absolute atomic E-state index is 11.2. The molecule has 0 aliphatic carbocycles. The molecular weight excluding hydrogens is 538 g/mol. The van der Waals surface area contributed by atoms with Gasteiger partial charge in [-0.1, -0.05) is 85.3 Å². The van der Waals surface area contributed by atoms with E-state index in [1.165, 1.54) is 5.56 Å². The number of carboxylic acid groups (broad SMARTS) is 1. The van der Waals surface area contributed by atoms with E-state index in [2.05, 4.69) is 43.3 Å². The van der Waals surface area contributed by atoms with Gasteiger partial charge in [-0.2, -0.15) is 11.8 Å². The number of carboxylic acids is 1. The second-order valence-electron chi connectivity index (χ2n) is 10.7. The predicted octanol–water partition coefficient (Wildman–Crippen LogP) is 8.95. The van der Waals surface area contributed by atoms with E-state index in [0.717, 1.165) is 46.1 Å². The number of thioether (sulfide) groups is 1. The monoisotopic (exact) mass is 573 g/mol. The van der Waals surface area contributed by atoms with Crippen LogP contribution in [-0.2, 0) is 16.8 Å². The highest BCUT2D eigenvalue weighted by atomic mass is 35.5. The Labute approximate surface area is 246 Å². The summed E-state index contributed by atoms with van der Waals surface area (Å²) in [4.78, 5) is 15.9. The van der Waals surface area contributed by atoms with Crippen LogP contribution in [0.1, 0.15) is 73.2 Å². The molecule has 0 fully saturated rings. The molecule has 0 bridgehead atoms. The molecule has 0 amide bonds. The molecule has 2 unspecified atom stereocenters. The third kappa shape index (κ3) is 8.44. The van der Waals surface area contributed by atoms with E-state index in [-0.39, 0.29) is 16.9 Å². The lowest BCUT2D eigenvalue weighted by molar-refractivity contribution is -0.137. The number of nitrogens with zero attached hydrogens (tertiary/aromatic N) is 1. The Bertz CT molecular complexity index is 1490. The molecule has 0 saturated heterocycles. The van der Waals surface area contributed by atoms with E-state index in [4.69, 9.17) is 16.6 Å². The summed E-state index contributed by atoms with van der Waals surface area (Å²) in [6.07, 6.45) is 6.55. The minimum absolute atomic E-state index is 0.162. The number of pyridine rings is 1. The first kappa shape index (κ1) is 29.9. The average Bonchev–Trinajstić information content (AvgIpc) is 2.92. The SMILES string of the molecule is CC(CCC(=O)O)SC(CCc1ccccc1C(C)(C)O)c1cccc(C=Cc2ccc3ccc(Cl)cc3n2)c1. The molecule has 1 aromatic heterocycles. The molecule has 0 radical (unpaired) electrons. The number of hydrogen-bond acceptors (Lipinski definition) is 4. The lowest BCUT2D eigenvalue weighted by Gasteiger charge is -2.25. The van der Waals surface area contributed by atoms with Crippen LogP contribution in [0.2, 0.25) is 5.02 Å². The Balaban J connectivity index is 1.56. The summed E-state index contributed by atoms with van der Waals surface area (Å²) in [6, 6.07) is 26.3. The van der Waals surface area contributed by atoms with Gasteiger partial charge in [-0.25, -0.2) is 4.98 Å². The van der Waals surface area contributed by atoms with Crippen molar-refractivity contribution in [2.24, 2.45) is 0 Å². The lowest BCUT2D eigenvalue weighted by atomic mass is 9.90. The number of rotatable bonds is 12. The number of aromatic nitrogens is 1. The quantitative estimate of drug-likeness (QED) is 0.177. The molecule has 6 heteroatoms. The number of aryl methyl sites for hydroxylation is 1. The lowest BCUT2D eigenvalue weighted by Crippen LogP contribution is -2.18. The molecule has 4 aromatic rings. The standard InChI is InChI=1S/C34H36ClNO3S/c1-23(11-20-33(37)38)40-32(19-15-25-8-4-5-10-30(25)34(2,3)39)27-9-6-7-24(21-27)12-17-29-18-14-26-13-16-28(35)22-31(26)36-29/h4-10,12-14,16-18,21-23,32,39H,11,15,19-20H2,1-3H3,(H,37,38). The molecule has 3 aromatic carbocycles. The van der Waals surface area contributed by atoms with Gasteiger partial charge in [-0.3, -0.25) is 4.79 Å². The van der Waals surface area contributed by atoms with E-state index in [9.17, 15) is 15.0 Å². The Morgan fingerprint density at radius 2 is 1.77 bits per heavy atom. The second kappa shape index (κ2) is 13.5. The number of aliphatic hydroxyl groups is 1. The zero-order chi connectivity index (χ0) is 28.7. The van der Waals surface area contributed by atoms with Crippen LogP contribution in [0.4, 0.5) is 0 Å². The van der Waals surface area contributed by atoms with Crippen molar-refractivity contribution in [2.45, 2.75) is 62.6 Å². The van der Waals surface area contributed by atoms with Crippen LogP contribution in [0.15, 0.2) is 78.9 Å². The minimum Gasteiger partial charge on any atom is -0.481 e. The first-order valence-electron chi connectivity index (χ1n) is 13.6. The van der Waals surface area contributed by atoms with Crippen molar-refractivity contribution in [3.63, 3.8) is 0 Å². The van der Waals surface area contributed by atoms with E-state index < -0.39 is 11.6 Å². The highest BCUT2D eigenvalue weighted by Crippen LogP contribution is 2.39. The fourth-order valence-corrected chi connectivity index (χ4v) is 6.39. The predicted molar refractivity (Wildman–Crippen MR) is 169 cm³/mol. The Kier molecular flexibility index (Phi) is 10.1. The maximum Gasteiger partial charge on any atom is 0.303 e. The molecule has 4 nitrogen and oxygen atoms in total. The summed E-state index contributed by atoms with van der Waals surface area (Å²) in [7, 11) is 0. The van der Waals surface area contributed by atoms with Gasteiger partial charge in [0.15, 0.2) is 0 Å². The molecule has 2 N–H and O–H groups in total. The van der Waals surface area contributed by atoms with Crippen LogP contribution in [0.25, 0.3) is 23.1 Å². The zero-order valence-corrected chi connectivity index (χ0v) is 24.8. The van der Waals surface area contributed by atoms with Crippen molar-refractivity contribution >= 4 is 52.4 Å². The summed E-state index contributed by atoms with van der Waals surface area (Å²) < 4.78 is 0. The van der Waals surface area contributed by atoms with Gasteiger partial charge >= 0.3 is 5.97 Å². The Morgan fingerprint density at radius 3 is 2.55 bits per heavy atom. The molecule has 0 aliphatic rings. The van der Waals surface area contributed by atoms with Gasteiger partial charge in [0.05, 0.1) is 16.8 Å². The van der Waals surface area contributed by atoms with Crippen molar-refractivity contribution in [3.05, 3.63) is 112 Å². The average molecular weight is 574 g/mol. The summed E-state index contributed by atoms with van der Waals surface area (Å²) in [5.74, 6) is -0.764. The molecule has 208 valence electrons. The Morgan fingerprint density at radius 1 is 1.00 bits per heavy atom. The number of halogens is 1. The van der Waals surface area contributed by atoms with Gasteiger partial charge < -0.3 is 10.2 Å². The molecule has 0 saturated carbocycles. The van der Waals surface area contributed by atoms with Gasteiger partial charge in [0.2, 0.25) is 0 Å². The van der Waals surface area contributed by atoms with Crippen LogP contribution in [0.3, 0.4) is 0 Å². The third-order valence-electron chi connectivity index (χ3n) is 6.92. The molecule has 0 spiro atoms. The van der Waals surface area contributed by atoms with E-state index in [1.54, 1.807) is 0 Å². The van der Waals surface area contributed by atoms with Crippen molar-refractivity contribution < 1.29 is 15.0 Å². The number of aliphatic carboxylic acids is 1. The first-order chi connectivity index (χ1) is 19.1. The minimum atomic E-state index is -0.916. The van der Waals surface area contributed by atoms with Crippen LogP contribution in [0, 0.1) is 0 Å².